The van der Waals surface area contributed by atoms with E-state index in [4.69, 9.17) is 10.7 Å². The molecule has 0 aliphatic carbocycles. The lowest BCUT2D eigenvalue weighted by atomic mass is 10.2. The molecule has 2 aromatic rings. The van der Waals surface area contributed by atoms with Gasteiger partial charge in [0.2, 0.25) is 0 Å². The van der Waals surface area contributed by atoms with Gasteiger partial charge in [-0.1, -0.05) is 0 Å². The van der Waals surface area contributed by atoms with E-state index in [0.29, 0.717) is 11.6 Å². The first-order valence-corrected chi connectivity index (χ1v) is 7.11. The van der Waals surface area contributed by atoms with Crippen LogP contribution in [-0.4, -0.2) is 23.2 Å². The van der Waals surface area contributed by atoms with Crippen LogP contribution < -0.4 is 0 Å². The topological polar surface area (TPSA) is 64.8 Å². The van der Waals surface area contributed by atoms with E-state index in [1.54, 1.807) is 30.8 Å². The fourth-order valence-corrected chi connectivity index (χ4v) is 2.30. The van der Waals surface area contributed by atoms with Crippen LogP contribution in [0.2, 0.25) is 0 Å². The molecule has 0 saturated heterocycles. The molecule has 0 radical (unpaired) electrons. The molecule has 0 aliphatic rings. The molecule has 0 saturated carbocycles. The fourth-order valence-electron chi connectivity index (χ4n) is 1.53. The third-order valence-electron chi connectivity index (χ3n) is 2.26. The number of halogens is 1. The number of nitrogens with zero attached hydrogens (tertiary/aromatic N) is 3. The summed E-state index contributed by atoms with van der Waals surface area (Å²) < 4.78 is 23.8. The highest BCUT2D eigenvalue weighted by Gasteiger charge is 2.11. The zero-order valence-electron chi connectivity index (χ0n) is 9.25. The number of hydrogen-bond donors (Lipinski definition) is 0. The maximum absolute atomic E-state index is 11.1. The Morgan fingerprint density at radius 1 is 1.24 bits per heavy atom. The van der Waals surface area contributed by atoms with Crippen molar-refractivity contribution in [2.45, 2.75) is 11.8 Å². The molecule has 1 heterocycles. The minimum Gasteiger partial charge on any atom is -0.249 e. The SMILES string of the molecule is Cc1nc(-c2ccc(S(=O)(=O)Cl)cc2)n(C)n1. The zero-order valence-corrected chi connectivity index (χ0v) is 10.8. The van der Waals surface area contributed by atoms with Crippen LogP contribution in [-0.2, 0) is 16.1 Å². The Kier molecular flexibility index (Phi) is 2.92. The van der Waals surface area contributed by atoms with Gasteiger partial charge in [-0.05, 0) is 31.2 Å². The second-order valence-corrected chi connectivity index (χ2v) is 6.13. The van der Waals surface area contributed by atoms with Crippen molar-refractivity contribution in [3.63, 3.8) is 0 Å². The molecule has 0 amide bonds. The van der Waals surface area contributed by atoms with Crippen molar-refractivity contribution in [1.29, 1.82) is 0 Å². The number of hydrogen-bond acceptors (Lipinski definition) is 4. The van der Waals surface area contributed by atoms with Crippen molar-refractivity contribution in [3.8, 4) is 11.4 Å². The standard InChI is InChI=1S/C10H10ClN3O2S/c1-7-12-10(14(2)13-7)8-3-5-9(6-4-8)17(11,15)16/h3-6H,1-2H3. The third kappa shape index (κ3) is 2.48. The first-order chi connectivity index (χ1) is 7.88. The van der Waals surface area contributed by atoms with E-state index >= 15 is 0 Å². The lowest BCUT2D eigenvalue weighted by Gasteiger charge is -2.01. The summed E-state index contributed by atoms with van der Waals surface area (Å²) in [5, 5.41) is 4.12. The molecule has 1 aromatic carbocycles. The molecule has 2 rings (SSSR count). The van der Waals surface area contributed by atoms with E-state index in [2.05, 4.69) is 10.1 Å². The second-order valence-electron chi connectivity index (χ2n) is 3.57. The normalized spacial score (nSPS) is 11.7. The second kappa shape index (κ2) is 4.12. The monoisotopic (exact) mass is 271 g/mol. The van der Waals surface area contributed by atoms with Gasteiger partial charge in [-0.25, -0.2) is 18.1 Å². The average molecular weight is 272 g/mol. The number of rotatable bonds is 2. The highest BCUT2D eigenvalue weighted by atomic mass is 35.7. The Morgan fingerprint density at radius 3 is 2.24 bits per heavy atom. The zero-order chi connectivity index (χ0) is 12.6. The molecule has 0 aliphatic heterocycles. The third-order valence-corrected chi connectivity index (χ3v) is 3.63. The average Bonchev–Trinajstić information content (AvgIpc) is 2.57. The van der Waals surface area contributed by atoms with E-state index in [9.17, 15) is 8.42 Å². The van der Waals surface area contributed by atoms with Crippen molar-refractivity contribution in [2.24, 2.45) is 7.05 Å². The van der Waals surface area contributed by atoms with Gasteiger partial charge in [0.1, 0.15) is 5.82 Å². The smallest absolute Gasteiger partial charge is 0.249 e. The summed E-state index contributed by atoms with van der Waals surface area (Å²) >= 11 is 0. The molecule has 0 unspecified atom stereocenters. The van der Waals surface area contributed by atoms with Crippen LogP contribution in [0, 0.1) is 6.92 Å². The van der Waals surface area contributed by atoms with Gasteiger partial charge in [-0.15, -0.1) is 0 Å². The molecule has 90 valence electrons. The van der Waals surface area contributed by atoms with Crippen LogP contribution in [0.4, 0.5) is 0 Å². The minimum atomic E-state index is -3.68. The molecular formula is C10H10ClN3O2S. The first-order valence-electron chi connectivity index (χ1n) is 4.80. The van der Waals surface area contributed by atoms with Crippen molar-refractivity contribution >= 4 is 19.7 Å². The maximum atomic E-state index is 11.1. The van der Waals surface area contributed by atoms with Crippen LogP contribution in [0.5, 0.6) is 0 Å². The van der Waals surface area contributed by atoms with Gasteiger partial charge in [0.05, 0.1) is 4.90 Å². The Hall–Kier alpha value is -1.40. The molecular weight excluding hydrogens is 262 g/mol. The first kappa shape index (κ1) is 12.1. The van der Waals surface area contributed by atoms with Crippen LogP contribution in [0.25, 0.3) is 11.4 Å². The van der Waals surface area contributed by atoms with E-state index in [1.807, 2.05) is 0 Å². The van der Waals surface area contributed by atoms with Gasteiger partial charge >= 0.3 is 0 Å². The van der Waals surface area contributed by atoms with Crippen LogP contribution in [0.15, 0.2) is 29.2 Å². The van der Waals surface area contributed by atoms with E-state index in [0.717, 1.165) is 5.56 Å². The quantitative estimate of drug-likeness (QED) is 0.780. The van der Waals surface area contributed by atoms with E-state index < -0.39 is 9.05 Å². The lowest BCUT2D eigenvalue weighted by molar-refractivity contribution is 0.609. The van der Waals surface area contributed by atoms with Gasteiger partial charge in [-0.3, -0.25) is 0 Å². The van der Waals surface area contributed by atoms with Crippen molar-refractivity contribution in [1.82, 2.24) is 14.8 Å². The van der Waals surface area contributed by atoms with Gasteiger partial charge in [-0.2, -0.15) is 5.10 Å². The van der Waals surface area contributed by atoms with Crippen LogP contribution >= 0.6 is 10.7 Å². The predicted octanol–water partition coefficient (Wildman–Crippen LogP) is 1.72. The summed E-state index contributed by atoms with van der Waals surface area (Å²) in [6.45, 7) is 1.79. The molecule has 0 spiro atoms. The van der Waals surface area contributed by atoms with Crippen molar-refractivity contribution in [2.75, 3.05) is 0 Å². The van der Waals surface area contributed by atoms with Gasteiger partial charge in [0.15, 0.2) is 5.82 Å². The molecule has 0 N–H and O–H groups in total. The summed E-state index contributed by atoms with van der Waals surface area (Å²) in [5.74, 6) is 1.34. The number of aryl methyl sites for hydroxylation is 2. The summed E-state index contributed by atoms with van der Waals surface area (Å²) in [6.07, 6.45) is 0. The molecule has 1 aromatic heterocycles. The molecule has 5 nitrogen and oxygen atoms in total. The molecule has 0 atom stereocenters. The maximum Gasteiger partial charge on any atom is 0.261 e. The molecule has 0 bridgehead atoms. The minimum absolute atomic E-state index is 0.0711. The Morgan fingerprint density at radius 2 is 1.82 bits per heavy atom. The van der Waals surface area contributed by atoms with Crippen molar-refractivity contribution < 1.29 is 8.42 Å². The number of benzene rings is 1. The molecule has 7 heteroatoms. The summed E-state index contributed by atoms with van der Waals surface area (Å²) in [4.78, 5) is 4.31. The van der Waals surface area contributed by atoms with E-state index in [-0.39, 0.29) is 4.90 Å². The Labute approximate surface area is 103 Å². The highest BCUT2D eigenvalue weighted by molar-refractivity contribution is 8.13. The van der Waals surface area contributed by atoms with Crippen molar-refractivity contribution in [3.05, 3.63) is 30.1 Å². The summed E-state index contributed by atoms with van der Waals surface area (Å²) in [6, 6.07) is 6.20. The Bertz CT molecular complexity index is 647. The number of aromatic nitrogens is 3. The molecule has 0 fully saturated rings. The molecule has 17 heavy (non-hydrogen) atoms. The summed E-state index contributed by atoms with van der Waals surface area (Å²) in [7, 11) is 3.33. The van der Waals surface area contributed by atoms with Gasteiger partial charge < -0.3 is 0 Å². The fraction of sp³-hybridized carbons (Fsp3) is 0.200. The lowest BCUT2D eigenvalue weighted by Crippen LogP contribution is -1.95. The largest absolute Gasteiger partial charge is 0.261 e. The van der Waals surface area contributed by atoms with Gasteiger partial charge in [0, 0.05) is 23.3 Å². The van der Waals surface area contributed by atoms with Crippen LogP contribution in [0.1, 0.15) is 5.82 Å². The van der Waals surface area contributed by atoms with Crippen LogP contribution in [0.3, 0.4) is 0 Å². The Balaban J connectivity index is 2.46. The predicted molar refractivity (Wildman–Crippen MR) is 64.2 cm³/mol. The summed E-state index contributed by atoms with van der Waals surface area (Å²) in [5.41, 5.74) is 0.789. The van der Waals surface area contributed by atoms with Gasteiger partial charge in [0.25, 0.3) is 9.05 Å². The highest BCUT2D eigenvalue weighted by Crippen LogP contribution is 2.21. The van der Waals surface area contributed by atoms with E-state index in [1.165, 1.54) is 12.1 Å².